The maximum absolute atomic E-state index is 12.5. The van der Waals surface area contributed by atoms with Crippen molar-refractivity contribution in [2.45, 2.75) is 19.3 Å². The Labute approximate surface area is 195 Å². The molecule has 10 heteroatoms. The van der Waals surface area contributed by atoms with E-state index in [1.807, 2.05) is 24.3 Å². The maximum atomic E-state index is 12.5. The quantitative estimate of drug-likeness (QED) is 0.617. The summed E-state index contributed by atoms with van der Waals surface area (Å²) in [7, 11) is 1.61. The maximum Gasteiger partial charge on any atom is 0.573 e. The van der Waals surface area contributed by atoms with Gasteiger partial charge in [-0.3, -0.25) is 9.59 Å². The molecule has 1 atom stereocenters. The SMILES string of the molecule is COc1ccc(N2CCN(C(=O)/C=C/C(=O)N[C@H](C)c3ccc(OC(F)(F)F)cc3)CC2)cc1. The Morgan fingerprint density at radius 2 is 1.53 bits per heavy atom. The van der Waals surface area contributed by atoms with E-state index in [1.54, 1.807) is 18.9 Å². The van der Waals surface area contributed by atoms with E-state index in [0.29, 0.717) is 31.7 Å². The smallest absolute Gasteiger partial charge is 0.497 e. The topological polar surface area (TPSA) is 71.1 Å². The van der Waals surface area contributed by atoms with Crippen LogP contribution in [0.3, 0.4) is 0 Å². The Bertz CT molecular complexity index is 1000. The monoisotopic (exact) mass is 477 g/mol. The Morgan fingerprint density at radius 3 is 2.09 bits per heavy atom. The van der Waals surface area contributed by atoms with Crippen LogP contribution in [-0.2, 0) is 9.59 Å². The number of nitrogens with one attached hydrogen (secondary N) is 1. The summed E-state index contributed by atoms with van der Waals surface area (Å²) in [5.74, 6) is -0.297. The molecular formula is C24H26F3N3O4. The summed E-state index contributed by atoms with van der Waals surface area (Å²) < 4.78 is 45.8. The molecular weight excluding hydrogens is 451 g/mol. The molecule has 0 aromatic heterocycles. The molecule has 0 bridgehead atoms. The Hall–Kier alpha value is -3.69. The van der Waals surface area contributed by atoms with Crippen molar-refractivity contribution in [3.05, 3.63) is 66.2 Å². The lowest BCUT2D eigenvalue weighted by atomic mass is 10.1. The third-order valence-electron chi connectivity index (χ3n) is 5.38. The van der Waals surface area contributed by atoms with Gasteiger partial charge in [0.1, 0.15) is 11.5 Å². The van der Waals surface area contributed by atoms with Crippen LogP contribution < -0.4 is 19.7 Å². The highest BCUT2D eigenvalue weighted by molar-refractivity contribution is 5.96. The van der Waals surface area contributed by atoms with Crippen molar-refractivity contribution in [3.8, 4) is 11.5 Å². The van der Waals surface area contributed by atoms with Gasteiger partial charge in [-0.2, -0.15) is 0 Å². The molecule has 0 saturated carbocycles. The minimum absolute atomic E-state index is 0.258. The molecule has 0 spiro atoms. The standard InChI is InChI=1S/C24H26F3N3O4/c1-17(18-3-7-21(8-4-18)34-24(25,26)27)28-22(31)11-12-23(32)30-15-13-29(14-16-30)19-5-9-20(33-2)10-6-19/h3-12,17H,13-16H2,1-2H3,(H,28,31)/b12-11+/t17-/m1/s1. The van der Waals surface area contributed by atoms with Crippen LogP contribution in [-0.4, -0.2) is 56.4 Å². The van der Waals surface area contributed by atoms with E-state index >= 15 is 0 Å². The number of nitrogens with zero attached hydrogens (tertiary/aromatic N) is 2. The van der Waals surface area contributed by atoms with E-state index in [0.717, 1.165) is 17.5 Å². The van der Waals surface area contributed by atoms with Crippen molar-refractivity contribution in [1.82, 2.24) is 10.2 Å². The largest absolute Gasteiger partial charge is 0.573 e. The zero-order valence-electron chi connectivity index (χ0n) is 18.8. The van der Waals surface area contributed by atoms with Gasteiger partial charge in [0.15, 0.2) is 0 Å². The first-order chi connectivity index (χ1) is 16.1. The second-order valence-corrected chi connectivity index (χ2v) is 7.69. The number of alkyl halides is 3. The summed E-state index contributed by atoms with van der Waals surface area (Å²) in [6.45, 7) is 4.08. The molecule has 0 aliphatic carbocycles. The van der Waals surface area contributed by atoms with Gasteiger partial charge >= 0.3 is 6.36 Å². The predicted octanol–water partition coefficient (Wildman–Crippen LogP) is 3.68. The number of hydrogen-bond acceptors (Lipinski definition) is 5. The number of ether oxygens (including phenoxy) is 2. The molecule has 1 aliphatic rings. The summed E-state index contributed by atoms with van der Waals surface area (Å²) in [5.41, 5.74) is 1.65. The van der Waals surface area contributed by atoms with Gasteiger partial charge in [-0.05, 0) is 48.9 Å². The van der Waals surface area contributed by atoms with Gasteiger partial charge in [0.05, 0.1) is 13.2 Å². The summed E-state index contributed by atoms with van der Waals surface area (Å²) in [6.07, 6.45) is -2.37. The Morgan fingerprint density at radius 1 is 0.941 bits per heavy atom. The van der Waals surface area contributed by atoms with Gasteiger partial charge in [-0.25, -0.2) is 0 Å². The van der Waals surface area contributed by atoms with Gasteiger partial charge in [0.25, 0.3) is 0 Å². The molecule has 2 aromatic carbocycles. The molecule has 2 aromatic rings. The Balaban J connectivity index is 1.45. The third kappa shape index (κ3) is 7.16. The number of methoxy groups -OCH3 is 1. The van der Waals surface area contributed by atoms with Crippen LogP contribution in [0.1, 0.15) is 18.5 Å². The lowest BCUT2D eigenvalue weighted by Gasteiger charge is -2.35. The molecule has 1 aliphatic heterocycles. The van der Waals surface area contributed by atoms with Crippen LogP contribution in [0.5, 0.6) is 11.5 Å². The van der Waals surface area contributed by atoms with Crippen LogP contribution in [0, 0.1) is 0 Å². The van der Waals surface area contributed by atoms with Crippen LogP contribution in [0.4, 0.5) is 18.9 Å². The summed E-state index contributed by atoms with van der Waals surface area (Å²) in [4.78, 5) is 28.5. The lowest BCUT2D eigenvalue weighted by molar-refractivity contribution is -0.274. The van der Waals surface area contributed by atoms with Crippen LogP contribution in [0.2, 0.25) is 0 Å². The highest BCUT2D eigenvalue weighted by atomic mass is 19.4. The van der Waals surface area contributed by atoms with E-state index < -0.39 is 18.3 Å². The number of halogens is 3. The number of carbonyl (C=O) groups excluding carboxylic acids is 2. The van der Waals surface area contributed by atoms with E-state index in [2.05, 4.69) is 15.0 Å². The van der Waals surface area contributed by atoms with Gasteiger partial charge in [0, 0.05) is 44.0 Å². The fraction of sp³-hybridized carbons (Fsp3) is 0.333. The highest BCUT2D eigenvalue weighted by Gasteiger charge is 2.31. The van der Waals surface area contributed by atoms with Gasteiger partial charge in [-0.15, -0.1) is 13.2 Å². The lowest BCUT2D eigenvalue weighted by Crippen LogP contribution is -2.48. The van der Waals surface area contributed by atoms with Crippen LogP contribution >= 0.6 is 0 Å². The first kappa shape index (κ1) is 24.9. The van der Waals surface area contributed by atoms with Crippen LogP contribution in [0.25, 0.3) is 0 Å². The number of carbonyl (C=O) groups is 2. The predicted molar refractivity (Wildman–Crippen MR) is 121 cm³/mol. The molecule has 1 N–H and O–H groups in total. The van der Waals surface area contributed by atoms with Gasteiger partial charge in [0.2, 0.25) is 11.8 Å². The molecule has 1 saturated heterocycles. The van der Waals surface area contributed by atoms with Gasteiger partial charge < -0.3 is 24.6 Å². The normalized spacial score (nSPS) is 15.2. The average molecular weight is 477 g/mol. The van der Waals surface area contributed by atoms with Crippen molar-refractivity contribution in [1.29, 1.82) is 0 Å². The van der Waals surface area contributed by atoms with E-state index in [9.17, 15) is 22.8 Å². The molecule has 7 nitrogen and oxygen atoms in total. The number of piperazine rings is 1. The second kappa shape index (κ2) is 11.0. The summed E-state index contributed by atoms with van der Waals surface area (Å²) in [6, 6.07) is 12.5. The minimum atomic E-state index is -4.76. The molecule has 182 valence electrons. The molecule has 34 heavy (non-hydrogen) atoms. The van der Waals surface area contributed by atoms with Crippen molar-refractivity contribution in [2.75, 3.05) is 38.2 Å². The molecule has 2 amide bonds. The average Bonchev–Trinajstić information content (AvgIpc) is 2.82. The third-order valence-corrected chi connectivity index (χ3v) is 5.38. The fourth-order valence-corrected chi connectivity index (χ4v) is 3.53. The molecule has 1 fully saturated rings. The highest BCUT2D eigenvalue weighted by Crippen LogP contribution is 2.24. The first-order valence-electron chi connectivity index (χ1n) is 10.7. The van der Waals surface area contributed by atoms with E-state index in [1.165, 1.54) is 30.3 Å². The van der Waals surface area contributed by atoms with E-state index in [-0.39, 0.29) is 11.7 Å². The molecule has 0 unspecified atom stereocenters. The van der Waals surface area contributed by atoms with Crippen LogP contribution in [0.15, 0.2) is 60.7 Å². The zero-order chi connectivity index (χ0) is 24.7. The first-order valence-corrected chi connectivity index (χ1v) is 10.7. The summed E-state index contributed by atoms with van der Waals surface area (Å²) in [5, 5.41) is 2.68. The number of benzene rings is 2. The van der Waals surface area contributed by atoms with Crippen molar-refractivity contribution < 1.29 is 32.2 Å². The van der Waals surface area contributed by atoms with Crippen molar-refractivity contribution >= 4 is 17.5 Å². The molecule has 3 rings (SSSR count). The van der Waals surface area contributed by atoms with Gasteiger partial charge in [-0.1, -0.05) is 12.1 Å². The Kier molecular flexibility index (Phi) is 8.04. The fourth-order valence-electron chi connectivity index (χ4n) is 3.53. The number of rotatable bonds is 7. The van der Waals surface area contributed by atoms with Crippen molar-refractivity contribution in [2.24, 2.45) is 0 Å². The van der Waals surface area contributed by atoms with E-state index in [4.69, 9.17) is 4.74 Å². The van der Waals surface area contributed by atoms with Crippen molar-refractivity contribution in [3.63, 3.8) is 0 Å². The number of anilines is 1. The zero-order valence-corrected chi connectivity index (χ0v) is 18.8. The number of hydrogen-bond donors (Lipinski definition) is 1. The molecule has 0 radical (unpaired) electrons. The molecule has 1 heterocycles. The second-order valence-electron chi connectivity index (χ2n) is 7.69. The summed E-state index contributed by atoms with van der Waals surface area (Å²) >= 11 is 0. The number of amides is 2. The minimum Gasteiger partial charge on any atom is -0.497 e.